The van der Waals surface area contributed by atoms with Gasteiger partial charge in [-0.25, -0.2) is 4.98 Å². The molecule has 0 aliphatic heterocycles. The van der Waals surface area contributed by atoms with Crippen molar-refractivity contribution in [2.24, 2.45) is 5.92 Å². The zero-order valence-electron chi connectivity index (χ0n) is 7.95. The number of nitrogens with one attached hydrogen (secondary N) is 2. The molecule has 1 atom stereocenters. The van der Waals surface area contributed by atoms with Gasteiger partial charge in [0.2, 0.25) is 5.91 Å². The van der Waals surface area contributed by atoms with Crippen LogP contribution in [0.4, 0.5) is 0 Å². The molecule has 0 fully saturated rings. The minimum Gasteiger partial charge on any atom is -0.355 e. The number of carbonyl (C=O) groups is 1. The third-order valence-electron chi connectivity index (χ3n) is 1.84. The van der Waals surface area contributed by atoms with Crippen LogP contribution in [-0.2, 0) is 11.2 Å². The highest BCUT2D eigenvalue weighted by Gasteiger charge is 2.09. The number of nitrogens with zero attached hydrogens (tertiary/aromatic N) is 2. The van der Waals surface area contributed by atoms with E-state index in [-0.39, 0.29) is 5.91 Å². The van der Waals surface area contributed by atoms with Crippen LogP contribution < -0.4 is 5.32 Å². The van der Waals surface area contributed by atoms with E-state index in [1.807, 2.05) is 6.07 Å². The molecule has 0 saturated heterocycles. The largest absolute Gasteiger partial charge is 0.355 e. The van der Waals surface area contributed by atoms with Crippen LogP contribution in [0, 0.1) is 17.2 Å². The number of hydrogen-bond acceptors (Lipinski definition) is 3. The lowest BCUT2D eigenvalue weighted by atomic mass is 10.2. The summed E-state index contributed by atoms with van der Waals surface area (Å²) in [6.45, 7) is 2.10. The first-order valence-corrected chi connectivity index (χ1v) is 4.38. The fourth-order valence-corrected chi connectivity index (χ4v) is 0.953. The Morgan fingerprint density at radius 2 is 2.64 bits per heavy atom. The molecule has 1 heterocycles. The van der Waals surface area contributed by atoms with E-state index in [2.05, 4.69) is 15.3 Å². The lowest BCUT2D eigenvalue weighted by molar-refractivity contribution is -0.122. The monoisotopic (exact) mass is 192 g/mol. The van der Waals surface area contributed by atoms with E-state index >= 15 is 0 Å². The van der Waals surface area contributed by atoms with Crippen LogP contribution in [0.25, 0.3) is 0 Å². The molecule has 0 aliphatic carbocycles. The van der Waals surface area contributed by atoms with Crippen molar-refractivity contribution < 1.29 is 4.79 Å². The van der Waals surface area contributed by atoms with Crippen molar-refractivity contribution in [3.8, 4) is 6.07 Å². The molecule has 74 valence electrons. The second-order valence-electron chi connectivity index (χ2n) is 2.97. The summed E-state index contributed by atoms with van der Waals surface area (Å²) < 4.78 is 0. The molecule has 5 heteroatoms. The van der Waals surface area contributed by atoms with Crippen LogP contribution in [0.3, 0.4) is 0 Å². The first-order valence-electron chi connectivity index (χ1n) is 4.38. The van der Waals surface area contributed by atoms with Crippen molar-refractivity contribution in [2.45, 2.75) is 13.3 Å². The van der Waals surface area contributed by atoms with Crippen LogP contribution in [0.2, 0.25) is 0 Å². The van der Waals surface area contributed by atoms with Crippen LogP contribution >= 0.6 is 0 Å². The van der Waals surface area contributed by atoms with Gasteiger partial charge in [-0.1, -0.05) is 0 Å². The predicted octanol–water partition coefficient (Wildman–Crippen LogP) is 0.228. The van der Waals surface area contributed by atoms with E-state index < -0.39 is 5.92 Å². The maximum absolute atomic E-state index is 11.1. The average Bonchev–Trinajstić information content (AvgIpc) is 2.69. The Morgan fingerprint density at radius 1 is 1.86 bits per heavy atom. The van der Waals surface area contributed by atoms with Crippen molar-refractivity contribution >= 4 is 5.91 Å². The van der Waals surface area contributed by atoms with E-state index in [9.17, 15) is 4.79 Å². The second kappa shape index (κ2) is 5.02. The van der Waals surface area contributed by atoms with Gasteiger partial charge >= 0.3 is 0 Å². The van der Waals surface area contributed by atoms with Gasteiger partial charge in [0.1, 0.15) is 5.92 Å². The van der Waals surface area contributed by atoms with Gasteiger partial charge in [-0.2, -0.15) is 5.26 Å². The summed E-state index contributed by atoms with van der Waals surface area (Å²) in [5, 5.41) is 11.1. The van der Waals surface area contributed by atoms with Crippen molar-refractivity contribution in [3.05, 3.63) is 18.2 Å². The molecule has 1 aromatic rings. The molecule has 5 nitrogen and oxygen atoms in total. The quantitative estimate of drug-likeness (QED) is 0.716. The summed E-state index contributed by atoms with van der Waals surface area (Å²) in [4.78, 5) is 17.9. The lowest BCUT2D eigenvalue weighted by Crippen LogP contribution is -2.30. The van der Waals surface area contributed by atoms with E-state index in [4.69, 9.17) is 5.26 Å². The molecule has 0 radical (unpaired) electrons. The molecule has 0 spiro atoms. The highest BCUT2D eigenvalue weighted by atomic mass is 16.1. The normalized spacial score (nSPS) is 11.7. The molecule has 14 heavy (non-hydrogen) atoms. The minimum absolute atomic E-state index is 0.230. The number of nitriles is 1. The zero-order chi connectivity index (χ0) is 10.4. The van der Waals surface area contributed by atoms with Gasteiger partial charge in [0.25, 0.3) is 0 Å². The van der Waals surface area contributed by atoms with Gasteiger partial charge in [-0.05, 0) is 6.92 Å². The molecule has 1 amide bonds. The van der Waals surface area contributed by atoms with Crippen molar-refractivity contribution in [3.63, 3.8) is 0 Å². The number of rotatable bonds is 4. The van der Waals surface area contributed by atoms with Crippen LogP contribution in [-0.4, -0.2) is 22.4 Å². The number of carbonyl (C=O) groups excluding carboxylic acids is 1. The number of aromatic amines is 1. The smallest absolute Gasteiger partial charge is 0.237 e. The van der Waals surface area contributed by atoms with Gasteiger partial charge < -0.3 is 10.3 Å². The van der Waals surface area contributed by atoms with Crippen LogP contribution in [0.15, 0.2) is 12.5 Å². The SMILES string of the molecule is CC(C#N)C(=O)NCCc1cnc[nH]1. The highest BCUT2D eigenvalue weighted by molar-refractivity contribution is 5.80. The lowest BCUT2D eigenvalue weighted by Gasteiger charge is -2.04. The fraction of sp³-hybridized carbons (Fsp3) is 0.444. The maximum atomic E-state index is 11.1. The summed E-state index contributed by atoms with van der Waals surface area (Å²) in [6, 6.07) is 1.88. The standard InChI is InChI=1S/C9H12N4O/c1-7(4-10)9(14)12-3-2-8-5-11-6-13-8/h5-7H,2-3H2,1H3,(H,11,13)(H,12,14). The molecule has 1 rings (SSSR count). The number of aromatic nitrogens is 2. The Morgan fingerprint density at radius 3 is 3.21 bits per heavy atom. The van der Waals surface area contributed by atoms with E-state index in [1.54, 1.807) is 19.4 Å². The van der Waals surface area contributed by atoms with Gasteiger partial charge in [0, 0.05) is 24.9 Å². The first kappa shape index (κ1) is 10.3. The Kier molecular flexibility index (Phi) is 3.68. The van der Waals surface area contributed by atoms with Gasteiger partial charge in [-0.3, -0.25) is 4.79 Å². The summed E-state index contributed by atoms with van der Waals surface area (Å²) in [6.07, 6.45) is 4.00. The Hall–Kier alpha value is -1.83. The minimum atomic E-state index is -0.586. The van der Waals surface area contributed by atoms with Gasteiger partial charge in [0.15, 0.2) is 0 Å². The summed E-state index contributed by atoms with van der Waals surface area (Å²) in [5.41, 5.74) is 0.968. The molecule has 0 saturated carbocycles. The molecule has 0 aliphatic rings. The van der Waals surface area contributed by atoms with E-state index in [0.29, 0.717) is 13.0 Å². The van der Waals surface area contributed by atoms with E-state index in [0.717, 1.165) is 5.69 Å². The molecular weight excluding hydrogens is 180 g/mol. The van der Waals surface area contributed by atoms with Crippen molar-refractivity contribution in [2.75, 3.05) is 6.54 Å². The summed E-state index contributed by atoms with van der Waals surface area (Å²) in [5.74, 6) is -0.816. The topological polar surface area (TPSA) is 81.6 Å². The predicted molar refractivity (Wildman–Crippen MR) is 50.1 cm³/mol. The molecular formula is C9H12N4O. The Balaban J connectivity index is 2.23. The van der Waals surface area contributed by atoms with Crippen molar-refractivity contribution in [1.29, 1.82) is 5.26 Å². The summed E-state index contributed by atoms with van der Waals surface area (Å²) >= 11 is 0. The maximum Gasteiger partial charge on any atom is 0.237 e. The van der Waals surface area contributed by atoms with Crippen molar-refractivity contribution in [1.82, 2.24) is 15.3 Å². The number of H-pyrrole nitrogens is 1. The average molecular weight is 192 g/mol. The van der Waals surface area contributed by atoms with Crippen LogP contribution in [0.5, 0.6) is 0 Å². The first-order chi connectivity index (χ1) is 6.74. The zero-order valence-corrected chi connectivity index (χ0v) is 7.95. The third kappa shape index (κ3) is 2.90. The number of amides is 1. The highest BCUT2D eigenvalue weighted by Crippen LogP contribution is 1.93. The molecule has 0 aromatic carbocycles. The van der Waals surface area contributed by atoms with Gasteiger partial charge in [0.05, 0.1) is 12.4 Å². The summed E-state index contributed by atoms with van der Waals surface area (Å²) in [7, 11) is 0. The second-order valence-corrected chi connectivity index (χ2v) is 2.97. The Labute approximate surface area is 82.2 Å². The third-order valence-corrected chi connectivity index (χ3v) is 1.84. The Bertz CT molecular complexity index is 325. The van der Waals surface area contributed by atoms with E-state index in [1.165, 1.54) is 0 Å². The number of hydrogen-bond donors (Lipinski definition) is 2. The fourth-order valence-electron chi connectivity index (χ4n) is 0.953. The molecule has 1 aromatic heterocycles. The van der Waals surface area contributed by atoms with Crippen LogP contribution in [0.1, 0.15) is 12.6 Å². The molecule has 0 bridgehead atoms. The molecule has 1 unspecified atom stereocenters. The molecule has 2 N–H and O–H groups in total. The van der Waals surface area contributed by atoms with Gasteiger partial charge in [-0.15, -0.1) is 0 Å². The number of imidazole rings is 1.